The predicted octanol–water partition coefficient (Wildman–Crippen LogP) is 4.06. The molecule has 1 aliphatic carbocycles. The zero-order valence-corrected chi connectivity index (χ0v) is 12.6. The minimum Gasteiger partial charge on any atom is -0.373 e. The highest BCUT2D eigenvalue weighted by Gasteiger charge is 2.42. The van der Waals surface area contributed by atoms with Crippen molar-refractivity contribution in [2.75, 3.05) is 13.2 Å². The van der Waals surface area contributed by atoms with Gasteiger partial charge in [-0.3, -0.25) is 0 Å². The molecule has 18 heavy (non-hydrogen) atoms. The maximum Gasteiger partial charge on any atom is 0.0876 e. The maximum absolute atomic E-state index is 6.21. The van der Waals surface area contributed by atoms with E-state index in [1.807, 2.05) is 11.3 Å². The Morgan fingerprint density at radius 3 is 2.61 bits per heavy atom. The average Bonchev–Trinajstić information content (AvgIpc) is 2.97. The lowest BCUT2D eigenvalue weighted by atomic mass is 9.87. The summed E-state index contributed by atoms with van der Waals surface area (Å²) in [5.74, 6) is 0. The minimum atomic E-state index is 0.0261. The van der Waals surface area contributed by atoms with Crippen molar-refractivity contribution >= 4 is 11.3 Å². The lowest BCUT2D eigenvalue weighted by Crippen LogP contribution is -2.44. The van der Waals surface area contributed by atoms with Gasteiger partial charge in [0.15, 0.2) is 0 Å². The zero-order valence-electron chi connectivity index (χ0n) is 11.8. The highest BCUT2D eigenvalue weighted by atomic mass is 32.1. The summed E-state index contributed by atoms with van der Waals surface area (Å²) in [6.07, 6.45) is 4.97. The first-order valence-corrected chi connectivity index (χ1v) is 8.02. The van der Waals surface area contributed by atoms with E-state index in [0.717, 1.165) is 13.2 Å². The van der Waals surface area contributed by atoms with Gasteiger partial charge in [-0.05, 0) is 50.2 Å². The van der Waals surface area contributed by atoms with E-state index in [0.29, 0.717) is 6.04 Å². The van der Waals surface area contributed by atoms with E-state index < -0.39 is 0 Å². The van der Waals surface area contributed by atoms with E-state index in [4.69, 9.17) is 4.74 Å². The molecular weight excluding hydrogens is 242 g/mol. The molecular formula is C15H25NOS. The molecule has 1 atom stereocenters. The molecule has 1 aromatic rings. The van der Waals surface area contributed by atoms with Crippen LogP contribution in [-0.2, 0) is 4.74 Å². The number of aryl methyl sites for hydroxylation is 1. The summed E-state index contributed by atoms with van der Waals surface area (Å²) < 4.78 is 6.21. The largest absolute Gasteiger partial charge is 0.373 e. The zero-order chi connectivity index (χ0) is 13.0. The van der Waals surface area contributed by atoms with Crippen LogP contribution in [0.4, 0.5) is 0 Å². The van der Waals surface area contributed by atoms with Crippen LogP contribution < -0.4 is 5.32 Å². The van der Waals surface area contributed by atoms with Crippen molar-refractivity contribution in [3.05, 3.63) is 21.9 Å². The van der Waals surface area contributed by atoms with Crippen LogP contribution in [0.25, 0.3) is 0 Å². The van der Waals surface area contributed by atoms with E-state index in [1.165, 1.54) is 36.1 Å². The topological polar surface area (TPSA) is 21.3 Å². The summed E-state index contributed by atoms with van der Waals surface area (Å²) in [4.78, 5) is 1.39. The van der Waals surface area contributed by atoms with E-state index in [1.54, 1.807) is 0 Å². The van der Waals surface area contributed by atoms with Crippen molar-refractivity contribution in [2.24, 2.45) is 0 Å². The molecule has 0 aromatic carbocycles. The van der Waals surface area contributed by atoms with Gasteiger partial charge in [-0.25, -0.2) is 0 Å². The number of nitrogens with one attached hydrogen (secondary N) is 1. The van der Waals surface area contributed by atoms with Crippen molar-refractivity contribution < 1.29 is 4.74 Å². The molecule has 0 amide bonds. The SMILES string of the molecule is CCNC(c1csc(C)c1)C1(OCC)CCCC1. The summed E-state index contributed by atoms with van der Waals surface area (Å²) in [7, 11) is 0. The molecule has 0 saturated heterocycles. The van der Waals surface area contributed by atoms with Crippen LogP contribution in [0, 0.1) is 6.92 Å². The smallest absolute Gasteiger partial charge is 0.0876 e. The van der Waals surface area contributed by atoms with Crippen LogP contribution in [0.1, 0.15) is 56.0 Å². The molecule has 1 aliphatic rings. The summed E-state index contributed by atoms with van der Waals surface area (Å²) >= 11 is 1.84. The molecule has 0 radical (unpaired) electrons. The van der Waals surface area contributed by atoms with Gasteiger partial charge < -0.3 is 10.1 Å². The molecule has 1 N–H and O–H groups in total. The molecule has 0 spiro atoms. The van der Waals surface area contributed by atoms with Crippen LogP contribution in [-0.4, -0.2) is 18.8 Å². The van der Waals surface area contributed by atoms with Gasteiger partial charge in [-0.2, -0.15) is 0 Å². The third-order valence-electron chi connectivity index (χ3n) is 3.90. The molecule has 2 rings (SSSR count). The summed E-state index contributed by atoms with van der Waals surface area (Å²) in [6, 6.07) is 2.67. The fraction of sp³-hybridized carbons (Fsp3) is 0.733. The van der Waals surface area contributed by atoms with Crippen LogP contribution >= 0.6 is 11.3 Å². The quantitative estimate of drug-likeness (QED) is 0.839. The molecule has 1 saturated carbocycles. The minimum absolute atomic E-state index is 0.0261. The Morgan fingerprint density at radius 1 is 1.39 bits per heavy atom. The van der Waals surface area contributed by atoms with Crippen LogP contribution in [0.5, 0.6) is 0 Å². The Bertz CT molecular complexity index is 368. The van der Waals surface area contributed by atoms with E-state index >= 15 is 0 Å². The van der Waals surface area contributed by atoms with Gasteiger partial charge in [0, 0.05) is 11.5 Å². The van der Waals surface area contributed by atoms with E-state index in [-0.39, 0.29) is 5.60 Å². The van der Waals surface area contributed by atoms with Gasteiger partial charge in [0.2, 0.25) is 0 Å². The average molecular weight is 267 g/mol. The molecule has 1 unspecified atom stereocenters. The lowest BCUT2D eigenvalue weighted by molar-refractivity contribution is -0.0622. The number of ether oxygens (including phenoxy) is 1. The number of hydrogen-bond acceptors (Lipinski definition) is 3. The highest BCUT2D eigenvalue weighted by molar-refractivity contribution is 7.10. The van der Waals surface area contributed by atoms with Crippen molar-refractivity contribution in [2.45, 2.75) is 58.1 Å². The molecule has 1 aromatic heterocycles. The van der Waals surface area contributed by atoms with Gasteiger partial charge in [-0.15, -0.1) is 11.3 Å². The van der Waals surface area contributed by atoms with Gasteiger partial charge >= 0.3 is 0 Å². The van der Waals surface area contributed by atoms with Gasteiger partial charge in [0.1, 0.15) is 0 Å². The van der Waals surface area contributed by atoms with Gasteiger partial charge in [0.25, 0.3) is 0 Å². The molecule has 0 aliphatic heterocycles. The number of hydrogen-bond donors (Lipinski definition) is 1. The maximum atomic E-state index is 6.21. The lowest BCUT2D eigenvalue weighted by Gasteiger charge is -2.37. The standard InChI is InChI=1S/C15H25NOS/c1-4-16-14(13-10-12(3)18-11-13)15(17-5-2)8-6-7-9-15/h10-11,14,16H,4-9H2,1-3H3. The summed E-state index contributed by atoms with van der Waals surface area (Å²) in [5, 5.41) is 5.95. The second-order valence-corrected chi connectivity index (χ2v) is 6.30. The Labute approximate surface area is 115 Å². The van der Waals surface area contributed by atoms with E-state index in [9.17, 15) is 0 Å². The van der Waals surface area contributed by atoms with Crippen LogP contribution in [0.15, 0.2) is 11.4 Å². The number of likely N-dealkylation sites (N-methyl/N-ethyl adjacent to an activating group) is 1. The number of thiophene rings is 1. The number of rotatable bonds is 6. The van der Waals surface area contributed by atoms with Gasteiger partial charge in [0.05, 0.1) is 11.6 Å². The first-order valence-electron chi connectivity index (χ1n) is 7.14. The Morgan fingerprint density at radius 2 is 2.11 bits per heavy atom. The third-order valence-corrected chi connectivity index (χ3v) is 4.78. The first kappa shape index (κ1) is 14.0. The molecule has 2 nitrogen and oxygen atoms in total. The Hall–Kier alpha value is -0.380. The monoisotopic (exact) mass is 267 g/mol. The predicted molar refractivity (Wildman–Crippen MR) is 78.3 cm³/mol. The van der Waals surface area contributed by atoms with Crippen molar-refractivity contribution in [3.63, 3.8) is 0 Å². The van der Waals surface area contributed by atoms with Crippen molar-refractivity contribution in [1.29, 1.82) is 0 Å². The Kier molecular flexibility index (Phi) is 4.82. The summed E-state index contributed by atoms with van der Waals surface area (Å²) in [5.41, 5.74) is 1.44. The molecule has 3 heteroatoms. The third kappa shape index (κ3) is 2.79. The molecule has 102 valence electrons. The van der Waals surface area contributed by atoms with E-state index in [2.05, 4.69) is 37.5 Å². The normalized spacial score (nSPS) is 20.2. The van der Waals surface area contributed by atoms with Crippen LogP contribution in [0.2, 0.25) is 0 Å². The fourth-order valence-corrected chi connectivity index (χ4v) is 3.93. The molecule has 1 fully saturated rings. The van der Waals surface area contributed by atoms with Crippen molar-refractivity contribution in [1.82, 2.24) is 5.32 Å². The Balaban J connectivity index is 2.26. The summed E-state index contributed by atoms with van der Waals surface area (Å²) in [6.45, 7) is 8.28. The van der Waals surface area contributed by atoms with Gasteiger partial charge in [-0.1, -0.05) is 19.8 Å². The molecule has 0 bridgehead atoms. The molecule has 1 heterocycles. The second kappa shape index (κ2) is 6.18. The van der Waals surface area contributed by atoms with Crippen LogP contribution in [0.3, 0.4) is 0 Å². The van der Waals surface area contributed by atoms with Crippen molar-refractivity contribution in [3.8, 4) is 0 Å². The first-order chi connectivity index (χ1) is 8.72. The second-order valence-electron chi connectivity index (χ2n) is 5.19. The fourth-order valence-electron chi connectivity index (χ4n) is 3.20. The highest BCUT2D eigenvalue weighted by Crippen LogP contribution is 2.43.